The Morgan fingerprint density at radius 1 is 1.24 bits per heavy atom. The van der Waals surface area contributed by atoms with Gasteiger partial charge in [0.15, 0.2) is 6.10 Å². The molecular formula is C14H18N2O5. The van der Waals surface area contributed by atoms with Crippen LogP contribution in [0.2, 0.25) is 0 Å². The van der Waals surface area contributed by atoms with Crippen molar-refractivity contribution in [2.75, 3.05) is 0 Å². The van der Waals surface area contributed by atoms with Crippen LogP contribution in [-0.2, 0) is 14.4 Å². The molecule has 0 spiro atoms. The molecule has 7 heteroatoms. The Labute approximate surface area is 122 Å². The molecule has 0 aromatic heterocycles. The normalized spacial score (nSPS) is 11.3. The molecule has 2 amide bonds. The fraction of sp³-hybridized carbons (Fsp3) is 0.357. The number of benzene rings is 1. The molecule has 7 nitrogen and oxygen atoms in total. The summed E-state index contributed by atoms with van der Waals surface area (Å²) in [5, 5.41) is 8.43. The van der Waals surface area contributed by atoms with Gasteiger partial charge in [0.05, 0.1) is 6.42 Å². The zero-order valence-corrected chi connectivity index (χ0v) is 11.9. The first-order chi connectivity index (χ1) is 9.88. The molecule has 21 heavy (non-hydrogen) atoms. The van der Waals surface area contributed by atoms with Crippen LogP contribution < -0.4 is 15.6 Å². The molecule has 0 saturated heterocycles. The highest BCUT2D eigenvalue weighted by Crippen LogP contribution is 2.13. The number of carboxylic acid groups (broad SMARTS) is 1. The predicted molar refractivity (Wildman–Crippen MR) is 74.4 cm³/mol. The summed E-state index contributed by atoms with van der Waals surface area (Å²) < 4.78 is 5.43. The van der Waals surface area contributed by atoms with E-state index in [0.717, 1.165) is 5.56 Å². The van der Waals surface area contributed by atoms with Crippen LogP contribution in [0.15, 0.2) is 24.3 Å². The van der Waals surface area contributed by atoms with E-state index in [4.69, 9.17) is 9.84 Å². The zero-order valence-electron chi connectivity index (χ0n) is 11.9. The van der Waals surface area contributed by atoms with Gasteiger partial charge < -0.3 is 9.84 Å². The summed E-state index contributed by atoms with van der Waals surface area (Å²) in [5.74, 6) is -1.63. The largest absolute Gasteiger partial charge is 0.481 e. The van der Waals surface area contributed by atoms with E-state index in [1.165, 1.54) is 0 Å². The van der Waals surface area contributed by atoms with Crippen LogP contribution in [-0.4, -0.2) is 29.0 Å². The van der Waals surface area contributed by atoms with E-state index in [-0.39, 0.29) is 12.8 Å². The second-order valence-electron chi connectivity index (χ2n) is 4.51. The lowest BCUT2D eigenvalue weighted by Gasteiger charge is -2.15. The number of carboxylic acids is 1. The van der Waals surface area contributed by atoms with Gasteiger partial charge in [0.1, 0.15) is 5.75 Å². The highest BCUT2D eigenvalue weighted by molar-refractivity contribution is 5.85. The first kappa shape index (κ1) is 16.5. The van der Waals surface area contributed by atoms with Gasteiger partial charge in [-0.3, -0.25) is 25.2 Å². The molecule has 0 unspecified atom stereocenters. The minimum Gasteiger partial charge on any atom is -0.481 e. The third kappa shape index (κ3) is 6.42. The maximum Gasteiger partial charge on any atom is 0.303 e. The number of aryl methyl sites for hydroxylation is 1. The number of nitrogens with one attached hydrogen (secondary N) is 2. The molecule has 0 saturated carbocycles. The molecule has 0 bridgehead atoms. The Morgan fingerprint density at radius 2 is 1.95 bits per heavy atom. The maximum absolute atomic E-state index is 11.7. The van der Waals surface area contributed by atoms with Gasteiger partial charge in [-0.25, -0.2) is 0 Å². The molecule has 0 fully saturated rings. The lowest BCUT2D eigenvalue weighted by atomic mass is 10.2. The number of hydrogen-bond acceptors (Lipinski definition) is 4. The van der Waals surface area contributed by atoms with E-state index in [2.05, 4.69) is 10.9 Å². The monoisotopic (exact) mass is 294 g/mol. The van der Waals surface area contributed by atoms with E-state index in [0.29, 0.717) is 5.75 Å². The predicted octanol–water partition coefficient (Wildman–Crippen LogP) is 0.775. The summed E-state index contributed by atoms with van der Waals surface area (Å²) in [7, 11) is 0. The van der Waals surface area contributed by atoms with Crippen molar-refractivity contribution in [1.29, 1.82) is 0 Å². The van der Waals surface area contributed by atoms with Crippen LogP contribution in [0.5, 0.6) is 5.75 Å². The van der Waals surface area contributed by atoms with E-state index in [1.807, 2.05) is 19.1 Å². The molecule has 0 heterocycles. The van der Waals surface area contributed by atoms with Crippen molar-refractivity contribution < 1.29 is 24.2 Å². The first-order valence-corrected chi connectivity index (χ1v) is 6.42. The lowest BCUT2D eigenvalue weighted by Crippen LogP contribution is -2.47. The Bertz CT molecular complexity index is 530. The van der Waals surface area contributed by atoms with Gasteiger partial charge in [0, 0.05) is 6.42 Å². The minimum atomic E-state index is -1.08. The Kier molecular flexibility index (Phi) is 6.19. The number of hydrazine groups is 1. The number of carbonyl (C=O) groups is 3. The standard InChI is InChI=1S/C14H18N2O5/c1-9-4-3-5-11(8-9)21-10(2)14(20)16-15-12(17)6-7-13(18)19/h3-5,8,10H,6-7H2,1-2H3,(H,15,17)(H,16,20)(H,18,19)/t10-/m0/s1. The average molecular weight is 294 g/mol. The fourth-order valence-corrected chi connectivity index (χ4v) is 1.46. The minimum absolute atomic E-state index is 0.206. The molecule has 1 aromatic carbocycles. The smallest absolute Gasteiger partial charge is 0.303 e. The highest BCUT2D eigenvalue weighted by atomic mass is 16.5. The van der Waals surface area contributed by atoms with Crippen molar-refractivity contribution in [1.82, 2.24) is 10.9 Å². The Morgan fingerprint density at radius 3 is 2.57 bits per heavy atom. The van der Waals surface area contributed by atoms with Crippen LogP contribution in [0.1, 0.15) is 25.3 Å². The number of hydrogen-bond donors (Lipinski definition) is 3. The Hall–Kier alpha value is -2.57. The molecule has 114 valence electrons. The van der Waals surface area contributed by atoms with Crippen molar-refractivity contribution in [3.63, 3.8) is 0 Å². The summed E-state index contributed by atoms with van der Waals surface area (Å²) in [6.45, 7) is 3.45. The van der Waals surface area contributed by atoms with Crippen molar-refractivity contribution >= 4 is 17.8 Å². The number of carbonyl (C=O) groups excluding carboxylic acids is 2. The van der Waals surface area contributed by atoms with E-state index >= 15 is 0 Å². The number of ether oxygens (including phenoxy) is 1. The van der Waals surface area contributed by atoms with Gasteiger partial charge in [-0.05, 0) is 31.5 Å². The topological polar surface area (TPSA) is 105 Å². The second kappa shape index (κ2) is 7.88. The van der Waals surface area contributed by atoms with Crippen molar-refractivity contribution in [2.45, 2.75) is 32.8 Å². The average Bonchev–Trinajstić information content (AvgIpc) is 2.42. The lowest BCUT2D eigenvalue weighted by molar-refractivity contribution is -0.139. The number of amides is 2. The molecule has 1 aromatic rings. The highest BCUT2D eigenvalue weighted by Gasteiger charge is 2.15. The van der Waals surface area contributed by atoms with Gasteiger partial charge in [-0.2, -0.15) is 0 Å². The van der Waals surface area contributed by atoms with Crippen LogP contribution in [0.3, 0.4) is 0 Å². The van der Waals surface area contributed by atoms with Crippen molar-refractivity contribution in [3.8, 4) is 5.75 Å². The quantitative estimate of drug-likeness (QED) is 0.672. The summed E-state index contributed by atoms with van der Waals surface area (Å²) in [6, 6.07) is 7.22. The molecule has 0 radical (unpaired) electrons. The SMILES string of the molecule is Cc1cccc(O[C@@H](C)C(=O)NNC(=O)CCC(=O)O)c1. The van der Waals surface area contributed by atoms with Gasteiger partial charge in [-0.15, -0.1) is 0 Å². The summed E-state index contributed by atoms with van der Waals surface area (Å²) in [6.07, 6.45) is -1.30. The number of aliphatic carboxylic acids is 1. The van der Waals surface area contributed by atoms with Crippen LogP contribution >= 0.6 is 0 Å². The first-order valence-electron chi connectivity index (χ1n) is 6.42. The van der Waals surface area contributed by atoms with Crippen LogP contribution in [0.25, 0.3) is 0 Å². The third-order valence-corrected chi connectivity index (χ3v) is 2.56. The van der Waals surface area contributed by atoms with Crippen LogP contribution in [0.4, 0.5) is 0 Å². The molecule has 1 rings (SSSR count). The molecule has 0 aliphatic carbocycles. The van der Waals surface area contributed by atoms with E-state index in [9.17, 15) is 14.4 Å². The van der Waals surface area contributed by atoms with Crippen LogP contribution in [0, 0.1) is 6.92 Å². The van der Waals surface area contributed by atoms with E-state index in [1.54, 1.807) is 19.1 Å². The zero-order chi connectivity index (χ0) is 15.8. The fourth-order valence-electron chi connectivity index (χ4n) is 1.46. The molecule has 1 atom stereocenters. The maximum atomic E-state index is 11.7. The third-order valence-electron chi connectivity index (χ3n) is 2.56. The summed E-state index contributed by atoms with van der Waals surface area (Å²) in [4.78, 5) is 33.2. The summed E-state index contributed by atoms with van der Waals surface area (Å²) >= 11 is 0. The van der Waals surface area contributed by atoms with E-state index < -0.39 is 23.9 Å². The second-order valence-corrected chi connectivity index (χ2v) is 4.51. The summed E-state index contributed by atoms with van der Waals surface area (Å²) in [5.41, 5.74) is 5.32. The number of rotatable bonds is 6. The molecule has 3 N–H and O–H groups in total. The van der Waals surface area contributed by atoms with Crippen molar-refractivity contribution in [2.24, 2.45) is 0 Å². The Balaban J connectivity index is 2.37. The van der Waals surface area contributed by atoms with Gasteiger partial charge in [-0.1, -0.05) is 12.1 Å². The van der Waals surface area contributed by atoms with Crippen molar-refractivity contribution in [3.05, 3.63) is 29.8 Å². The molecule has 0 aliphatic heterocycles. The van der Waals surface area contributed by atoms with Gasteiger partial charge >= 0.3 is 5.97 Å². The molecule has 0 aliphatic rings. The van der Waals surface area contributed by atoms with Gasteiger partial charge in [0.2, 0.25) is 5.91 Å². The molecular weight excluding hydrogens is 276 g/mol. The van der Waals surface area contributed by atoms with Gasteiger partial charge in [0.25, 0.3) is 5.91 Å².